The van der Waals surface area contributed by atoms with Gasteiger partial charge >= 0.3 is 5.69 Å². The molecule has 3 aromatic carbocycles. The van der Waals surface area contributed by atoms with Crippen LogP contribution in [0.2, 0.25) is 0 Å². The molecule has 0 saturated carbocycles. The van der Waals surface area contributed by atoms with E-state index in [-0.39, 0.29) is 43.1 Å². The van der Waals surface area contributed by atoms with Crippen LogP contribution in [0.25, 0.3) is 5.69 Å². The van der Waals surface area contributed by atoms with Gasteiger partial charge in [-0.1, -0.05) is 0 Å². The largest absolute Gasteiger partial charge is 0.491 e. The summed E-state index contributed by atoms with van der Waals surface area (Å²) in [5.74, 6) is -2.30. The summed E-state index contributed by atoms with van der Waals surface area (Å²) in [4.78, 5) is 24.4. The third-order valence-corrected chi connectivity index (χ3v) is 11.5. The van der Waals surface area contributed by atoms with E-state index in [1.54, 1.807) is 15.6 Å². The summed E-state index contributed by atoms with van der Waals surface area (Å²) in [5, 5.41) is 12.3. The molecule has 3 aliphatic heterocycles. The second kappa shape index (κ2) is 16.7. The van der Waals surface area contributed by atoms with Gasteiger partial charge in [-0.25, -0.2) is 32.5 Å². The van der Waals surface area contributed by atoms with Gasteiger partial charge in [0.15, 0.2) is 0 Å². The molecular weight excluding hydrogens is 735 g/mol. The molecule has 1 N–H and O–H groups in total. The summed E-state index contributed by atoms with van der Waals surface area (Å²) in [6.45, 7) is 10.1. The van der Waals surface area contributed by atoms with Gasteiger partial charge in [0.05, 0.1) is 18.3 Å². The minimum absolute atomic E-state index is 0.0310. The van der Waals surface area contributed by atoms with Crippen LogP contribution in [0.3, 0.4) is 0 Å². The normalized spacial score (nSPS) is 21.9. The molecular formula is C41H50F2N10O4. The van der Waals surface area contributed by atoms with Crippen LogP contribution in [0, 0.1) is 11.6 Å². The van der Waals surface area contributed by atoms with Crippen LogP contribution in [0.1, 0.15) is 38.3 Å². The van der Waals surface area contributed by atoms with Crippen molar-refractivity contribution in [3.05, 3.63) is 113 Å². The molecule has 0 aliphatic carbocycles. The number of nitrogens with zero attached hydrogens (tertiary/aromatic N) is 9. The maximum Gasteiger partial charge on any atom is 0.350 e. The van der Waals surface area contributed by atoms with E-state index >= 15 is 0 Å². The summed E-state index contributed by atoms with van der Waals surface area (Å²) in [5.41, 5.74) is 2.93. The van der Waals surface area contributed by atoms with Crippen molar-refractivity contribution in [2.75, 3.05) is 69.3 Å². The topological polar surface area (TPSA) is 120 Å². The van der Waals surface area contributed by atoms with Crippen molar-refractivity contribution in [3.8, 4) is 11.4 Å². The number of benzene rings is 3. The molecule has 3 saturated heterocycles. The minimum atomic E-state index is -1.52. The van der Waals surface area contributed by atoms with Crippen LogP contribution in [0.4, 0.5) is 20.2 Å². The number of aromatic nitrogens is 6. The molecule has 5 heterocycles. The summed E-state index contributed by atoms with van der Waals surface area (Å²) >= 11 is 0. The molecule has 0 radical (unpaired) electrons. The second-order valence-corrected chi connectivity index (χ2v) is 15.3. The first-order valence-corrected chi connectivity index (χ1v) is 19.7. The number of hydrogen-bond donors (Lipinski definition) is 1. The van der Waals surface area contributed by atoms with E-state index in [0.717, 1.165) is 75.2 Å². The molecule has 16 heteroatoms. The number of nitrogens with one attached hydrogen (secondary N) is 1. The monoisotopic (exact) mass is 784 g/mol. The number of rotatable bonds is 13. The van der Waals surface area contributed by atoms with Gasteiger partial charge in [0.2, 0.25) is 5.79 Å². The third-order valence-electron chi connectivity index (χ3n) is 11.5. The van der Waals surface area contributed by atoms with Crippen LogP contribution in [-0.2, 0) is 21.8 Å². The predicted octanol–water partition coefficient (Wildman–Crippen LogP) is 4.21. The van der Waals surface area contributed by atoms with Crippen molar-refractivity contribution in [1.29, 1.82) is 0 Å². The molecule has 8 rings (SSSR count). The average molecular weight is 785 g/mol. The summed E-state index contributed by atoms with van der Waals surface area (Å²) in [7, 11) is 2.16. The zero-order chi connectivity index (χ0) is 39.5. The molecule has 302 valence electrons. The van der Waals surface area contributed by atoms with Gasteiger partial charge in [0.1, 0.15) is 55.6 Å². The molecule has 3 fully saturated rings. The minimum Gasteiger partial charge on any atom is -0.491 e. The van der Waals surface area contributed by atoms with Gasteiger partial charge in [-0.15, -0.1) is 0 Å². The summed E-state index contributed by atoms with van der Waals surface area (Å²) in [6.07, 6.45) is 6.18. The highest BCUT2D eigenvalue weighted by Crippen LogP contribution is 2.38. The van der Waals surface area contributed by atoms with Crippen molar-refractivity contribution < 1.29 is 23.0 Å². The van der Waals surface area contributed by atoms with Gasteiger partial charge in [-0.3, -0.25) is 0 Å². The van der Waals surface area contributed by atoms with E-state index < -0.39 is 23.5 Å². The Morgan fingerprint density at radius 2 is 1.54 bits per heavy atom. The first kappa shape index (κ1) is 38.7. The van der Waals surface area contributed by atoms with Crippen molar-refractivity contribution in [3.63, 3.8) is 0 Å². The zero-order valence-electron chi connectivity index (χ0n) is 32.6. The number of likely N-dealkylation sites (tertiary alicyclic amines) is 1. The molecule has 0 bridgehead atoms. The molecule has 0 amide bonds. The lowest BCUT2D eigenvalue weighted by molar-refractivity contribution is -0.192. The Morgan fingerprint density at radius 1 is 0.877 bits per heavy atom. The fourth-order valence-corrected chi connectivity index (χ4v) is 7.94. The molecule has 5 aromatic rings. The van der Waals surface area contributed by atoms with Crippen molar-refractivity contribution in [2.24, 2.45) is 0 Å². The van der Waals surface area contributed by atoms with E-state index in [1.807, 2.05) is 36.4 Å². The molecule has 2 aromatic heterocycles. The van der Waals surface area contributed by atoms with Crippen molar-refractivity contribution in [2.45, 2.75) is 63.3 Å². The molecule has 3 aliphatic rings. The van der Waals surface area contributed by atoms with Gasteiger partial charge < -0.3 is 34.2 Å². The summed E-state index contributed by atoms with van der Waals surface area (Å²) in [6, 6.07) is 19.9. The third kappa shape index (κ3) is 8.59. The average Bonchev–Trinajstić information content (AvgIpc) is 3.99. The van der Waals surface area contributed by atoms with E-state index in [1.165, 1.54) is 29.5 Å². The maximum atomic E-state index is 14.9. The lowest BCUT2D eigenvalue weighted by Gasteiger charge is -2.37. The Hall–Kier alpha value is -5.16. The predicted molar refractivity (Wildman–Crippen MR) is 211 cm³/mol. The fraction of sp³-hybridized carbons (Fsp3) is 0.463. The molecule has 0 spiro atoms. The smallest absolute Gasteiger partial charge is 0.350 e. The van der Waals surface area contributed by atoms with E-state index in [0.29, 0.717) is 11.8 Å². The second-order valence-electron chi connectivity index (χ2n) is 15.3. The zero-order valence-corrected chi connectivity index (χ0v) is 32.6. The lowest BCUT2D eigenvalue weighted by atomic mass is 10.0. The highest BCUT2D eigenvalue weighted by Gasteiger charge is 2.46. The molecule has 14 nitrogen and oxygen atoms in total. The van der Waals surface area contributed by atoms with Gasteiger partial charge in [0, 0.05) is 61.3 Å². The van der Waals surface area contributed by atoms with Gasteiger partial charge in [0.25, 0.3) is 0 Å². The summed E-state index contributed by atoms with van der Waals surface area (Å²) < 4.78 is 51.7. The Labute approximate surface area is 330 Å². The van der Waals surface area contributed by atoms with Crippen LogP contribution in [-0.4, -0.2) is 112 Å². The number of hydrogen-bond acceptors (Lipinski definition) is 11. The van der Waals surface area contributed by atoms with Crippen LogP contribution < -0.4 is 25.5 Å². The van der Waals surface area contributed by atoms with Crippen LogP contribution in [0.15, 0.2) is 90.5 Å². The van der Waals surface area contributed by atoms with Gasteiger partial charge in [-0.2, -0.15) is 10.2 Å². The van der Waals surface area contributed by atoms with Crippen LogP contribution in [0.5, 0.6) is 5.75 Å². The first-order chi connectivity index (χ1) is 27.6. The maximum absolute atomic E-state index is 14.9. The number of halogens is 2. The van der Waals surface area contributed by atoms with Crippen molar-refractivity contribution in [1.82, 2.24) is 39.3 Å². The number of ether oxygens (including phenoxy) is 3. The first-order valence-electron chi connectivity index (χ1n) is 19.7. The quantitative estimate of drug-likeness (QED) is 0.185. The Bertz CT molecular complexity index is 2130. The number of piperidine rings is 1. The lowest BCUT2D eigenvalue weighted by Crippen LogP contribution is -2.47. The molecule has 4 unspecified atom stereocenters. The van der Waals surface area contributed by atoms with Crippen LogP contribution >= 0.6 is 0 Å². The van der Waals surface area contributed by atoms with E-state index in [2.05, 4.69) is 68.2 Å². The fourth-order valence-electron chi connectivity index (χ4n) is 7.94. The molecule has 57 heavy (non-hydrogen) atoms. The number of piperazine rings is 1. The van der Waals surface area contributed by atoms with E-state index in [9.17, 15) is 13.6 Å². The SMILES string of the molecule is CC(NC1CCN(C)CC1)C(C)n1ncn(-c2ccc(N3CCN(c4ccc(OCC5COC(Cn6cncn6)(c6ccc(F)cc6F)O5)cc4)CC3)cc2)c1=O. The Kier molecular flexibility index (Phi) is 11.4. The highest BCUT2D eigenvalue weighted by molar-refractivity contribution is 5.54. The Morgan fingerprint density at radius 3 is 2.19 bits per heavy atom. The van der Waals surface area contributed by atoms with E-state index in [4.69, 9.17) is 14.2 Å². The van der Waals surface area contributed by atoms with Gasteiger partial charge in [-0.05, 0) is 107 Å². The highest BCUT2D eigenvalue weighted by atomic mass is 19.1. The molecule has 4 atom stereocenters. The van der Waals surface area contributed by atoms with Crippen molar-refractivity contribution >= 4 is 11.4 Å². The number of anilines is 2. The standard InChI is InChI=1S/C41H50F2N10O4/c1-29(47-32-14-16-48(3)17-15-32)30(2)53-40(54)52(28-46-53)35-7-5-33(6-8-35)49-18-20-50(21-19-49)34-9-11-36(12-10-34)55-23-37-24-56-41(57-37,25-51-27-44-26-45-51)38-13-4-31(42)22-39(38)43/h4-13,22,26-30,32,37,47H,14-21,23-25H2,1-3H3. The Balaban J connectivity index is 0.821.